The fourth-order valence-electron chi connectivity index (χ4n) is 1.96. The smallest absolute Gasteiger partial charge is 0.00990 e. The molecule has 0 N–H and O–H groups in total. The summed E-state index contributed by atoms with van der Waals surface area (Å²) in [6.07, 6.45) is 8.15. The van der Waals surface area contributed by atoms with E-state index in [-0.39, 0.29) is 0 Å². The summed E-state index contributed by atoms with van der Waals surface area (Å²) in [7, 11) is 0. The van der Waals surface area contributed by atoms with Crippen LogP contribution in [0.15, 0.2) is 54.3 Å². The summed E-state index contributed by atoms with van der Waals surface area (Å²) < 4.78 is 0. The second kappa shape index (κ2) is 5.34. The number of benzene rings is 2. The van der Waals surface area contributed by atoms with Crippen LogP contribution in [0.1, 0.15) is 25.0 Å². The van der Waals surface area contributed by atoms with Gasteiger partial charge >= 0.3 is 0 Å². The molecule has 0 aromatic heterocycles. The lowest BCUT2D eigenvalue weighted by Gasteiger charge is -2.05. The summed E-state index contributed by atoms with van der Waals surface area (Å²) >= 11 is 0. The fraction of sp³-hybridized carbons (Fsp3) is 0.118. The summed E-state index contributed by atoms with van der Waals surface area (Å²) in [6.45, 7) is 4.00. The van der Waals surface area contributed by atoms with E-state index in [9.17, 15) is 0 Å². The highest BCUT2D eigenvalue weighted by Gasteiger charge is 2.02. The average molecular weight is 220 g/mol. The molecule has 0 nitrogen and oxygen atoms in total. The Morgan fingerprint density at radius 3 is 2.65 bits per heavy atom. The van der Waals surface area contributed by atoms with E-state index in [2.05, 4.69) is 48.2 Å². The van der Waals surface area contributed by atoms with Gasteiger partial charge in [0.2, 0.25) is 0 Å². The zero-order valence-corrected chi connectivity index (χ0v) is 10.3. The van der Waals surface area contributed by atoms with E-state index in [4.69, 9.17) is 0 Å². The van der Waals surface area contributed by atoms with Crippen molar-refractivity contribution in [1.82, 2.24) is 0 Å². The maximum Gasteiger partial charge on any atom is -0.00990 e. The molecule has 0 heteroatoms. The van der Waals surface area contributed by atoms with Crippen LogP contribution in [-0.2, 0) is 0 Å². The molecule has 0 saturated carbocycles. The van der Waals surface area contributed by atoms with Crippen LogP contribution in [0.3, 0.4) is 0 Å². The van der Waals surface area contributed by atoms with Crippen molar-refractivity contribution in [1.29, 1.82) is 0 Å². The Hall–Kier alpha value is -2.04. The first-order chi connectivity index (χ1) is 8.45. The van der Waals surface area contributed by atoms with Crippen LogP contribution in [0.2, 0.25) is 0 Å². The minimum absolute atomic E-state index is 1.23. The van der Waals surface area contributed by atoms with Crippen molar-refractivity contribution in [3.63, 3.8) is 0 Å². The molecule has 0 amide bonds. The van der Waals surface area contributed by atoms with Gasteiger partial charge in [0.05, 0.1) is 0 Å². The van der Waals surface area contributed by atoms with Crippen LogP contribution >= 0.6 is 0 Å². The third kappa shape index (κ3) is 2.22. The minimum atomic E-state index is 1.23. The number of rotatable bonds is 0. The molecule has 2 aromatic rings. The van der Waals surface area contributed by atoms with Gasteiger partial charge in [0, 0.05) is 0 Å². The van der Waals surface area contributed by atoms with Crippen LogP contribution in [0, 0.1) is 0 Å². The van der Waals surface area contributed by atoms with Crippen LogP contribution in [0.25, 0.3) is 22.9 Å². The van der Waals surface area contributed by atoms with Crippen molar-refractivity contribution in [2.45, 2.75) is 13.8 Å². The molecule has 3 rings (SSSR count). The molecule has 1 aliphatic rings. The van der Waals surface area contributed by atoms with Crippen molar-refractivity contribution < 1.29 is 0 Å². The maximum absolute atomic E-state index is 3.13. The fourth-order valence-corrected chi connectivity index (χ4v) is 1.96. The second-order valence-corrected chi connectivity index (χ2v) is 3.63. The summed E-state index contributed by atoms with van der Waals surface area (Å²) in [6, 6.07) is 12.8. The monoisotopic (exact) mass is 220 g/mol. The molecular formula is C17H16. The van der Waals surface area contributed by atoms with Gasteiger partial charge in [0.25, 0.3) is 0 Å². The Labute approximate surface area is 103 Å². The van der Waals surface area contributed by atoms with Gasteiger partial charge in [0.1, 0.15) is 0 Å². The molecule has 0 radical (unpaired) electrons. The SMILES string of the molecule is C1=CC=Cc2c(ccc3ccccc23)C=1.CC. The zero-order chi connectivity index (χ0) is 12.1. The average Bonchev–Trinajstić information content (AvgIpc) is 2.66. The zero-order valence-electron chi connectivity index (χ0n) is 10.3. The first kappa shape index (κ1) is 11.4. The third-order valence-electron chi connectivity index (χ3n) is 2.70. The van der Waals surface area contributed by atoms with Crippen LogP contribution in [0.4, 0.5) is 0 Å². The molecule has 2 aromatic carbocycles. The number of fused-ring (bicyclic) bond motifs is 3. The lowest BCUT2D eigenvalue weighted by atomic mass is 9.99. The Bertz CT molecular complexity index is 609. The van der Waals surface area contributed by atoms with E-state index >= 15 is 0 Å². The maximum atomic E-state index is 3.13. The van der Waals surface area contributed by atoms with Crippen molar-refractivity contribution in [2.75, 3.05) is 0 Å². The molecule has 0 bridgehead atoms. The van der Waals surface area contributed by atoms with Crippen LogP contribution in [-0.4, -0.2) is 0 Å². The summed E-state index contributed by atoms with van der Waals surface area (Å²) in [5.41, 5.74) is 5.65. The molecule has 84 valence electrons. The highest BCUT2D eigenvalue weighted by Crippen LogP contribution is 2.25. The van der Waals surface area contributed by atoms with E-state index in [0.717, 1.165) is 0 Å². The van der Waals surface area contributed by atoms with Gasteiger partial charge in [-0.05, 0) is 34.1 Å². The highest BCUT2D eigenvalue weighted by atomic mass is 14.1. The number of hydrogen-bond acceptors (Lipinski definition) is 0. The Kier molecular flexibility index (Phi) is 3.59. The predicted octanol–water partition coefficient (Wildman–Crippen LogP) is 5.06. The molecular weight excluding hydrogens is 204 g/mol. The molecule has 0 unspecified atom stereocenters. The van der Waals surface area contributed by atoms with E-state index in [1.807, 2.05) is 32.1 Å². The van der Waals surface area contributed by atoms with Crippen LogP contribution < -0.4 is 0 Å². The Balaban J connectivity index is 0.000000514. The first-order valence-electron chi connectivity index (χ1n) is 6.06. The normalized spacial score (nSPS) is 11.6. The van der Waals surface area contributed by atoms with E-state index in [1.54, 1.807) is 0 Å². The lowest BCUT2D eigenvalue weighted by molar-refractivity contribution is 1.50. The van der Waals surface area contributed by atoms with Gasteiger partial charge in [0.15, 0.2) is 0 Å². The predicted molar refractivity (Wildman–Crippen MR) is 76.9 cm³/mol. The van der Waals surface area contributed by atoms with Crippen molar-refractivity contribution in [3.8, 4) is 0 Å². The van der Waals surface area contributed by atoms with Gasteiger partial charge < -0.3 is 0 Å². The van der Waals surface area contributed by atoms with E-state index in [0.29, 0.717) is 0 Å². The number of allylic oxidation sites excluding steroid dienone is 2. The topological polar surface area (TPSA) is 0 Å². The molecule has 0 spiro atoms. The quantitative estimate of drug-likeness (QED) is 0.544. The summed E-state index contributed by atoms with van der Waals surface area (Å²) in [4.78, 5) is 0. The standard InChI is InChI=1S/C15H10.C2H6/c1-2-6-12-10-11-13-7-4-5-9-15(13)14(12)8-3-1;1-2/h1,3-11H;1-2H3. The third-order valence-corrected chi connectivity index (χ3v) is 2.70. The lowest BCUT2D eigenvalue weighted by Crippen LogP contribution is -1.83. The van der Waals surface area contributed by atoms with Crippen LogP contribution in [0.5, 0.6) is 0 Å². The molecule has 0 saturated heterocycles. The largest absolute Gasteiger partial charge is 0.120 e. The molecule has 0 aliphatic heterocycles. The number of hydrogen-bond donors (Lipinski definition) is 0. The second-order valence-electron chi connectivity index (χ2n) is 3.63. The Morgan fingerprint density at radius 2 is 1.76 bits per heavy atom. The highest BCUT2D eigenvalue weighted by molar-refractivity contribution is 5.94. The van der Waals surface area contributed by atoms with Gasteiger partial charge in [-0.2, -0.15) is 0 Å². The first-order valence-corrected chi connectivity index (χ1v) is 6.06. The summed E-state index contributed by atoms with van der Waals surface area (Å²) in [5, 5.41) is 2.59. The van der Waals surface area contributed by atoms with Crippen molar-refractivity contribution >= 4 is 22.9 Å². The van der Waals surface area contributed by atoms with Gasteiger partial charge in [-0.1, -0.05) is 62.4 Å². The summed E-state index contributed by atoms with van der Waals surface area (Å²) in [5.74, 6) is 0. The van der Waals surface area contributed by atoms with Gasteiger partial charge in [-0.25, -0.2) is 0 Å². The Morgan fingerprint density at radius 1 is 0.941 bits per heavy atom. The van der Waals surface area contributed by atoms with Crippen molar-refractivity contribution in [2.24, 2.45) is 0 Å². The minimum Gasteiger partial charge on any atom is -0.120 e. The molecule has 17 heavy (non-hydrogen) atoms. The molecule has 1 aliphatic carbocycles. The molecule has 0 heterocycles. The molecule has 0 fully saturated rings. The van der Waals surface area contributed by atoms with E-state index in [1.165, 1.54) is 21.9 Å². The van der Waals surface area contributed by atoms with Gasteiger partial charge in [-0.15, -0.1) is 5.73 Å². The molecule has 0 atom stereocenters. The van der Waals surface area contributed by atoms with Gasteiger partial charge in [-0.3, -0.25) is 0 Å². The van der Waals surface area contributed by atoms with Crippen molar-refractivity contribution in [3.05, 3.63) is 65.4 Å². The van der Waals surface area contributed by atoms with E-state index < -0.39 is 0 Å².